The predicted octanol–water partition coefficient (Wildman–Crippen LogP) is 2.13. The molecule has 0 saturated carbocycles. The van der Waals surface area contributed by atoms with Crippen LogP contribution in [0.1, 0.15) is 11.5 Å². The zero-order chi connectivity index (χ0) is 19.4. The summed E-state index contributed by atoms with van der Waals surface area (Å²) in [6.45, 7) is 1.24. The number of aryl methyl sites for hydroxylation is 1. The molecule has 3 rings (SSSR count). The average Bonchev–Trinajstić information content (AvgIpc) is 3.28. The van der Waals surface area contributed by atoms with E-state index in [9.17, 15) is 0 Å². The van der Waals surface area contributed by atoms with E-state index >= 15 is 0 Å². The Morgan fingerprint density at radius 2 is 1.85 bits per heavy atom. The van der Waals surface area contributed by atoms with Gasteiger partial charge in [0.25, 0.3) is 0 Å². The van der Waals surface area contributed by atoms with Gasteiger partial charge in [-0.15, -0.1) is 0 Å². The highest BCUT2D eigenvalue weighted by molar-refractivity contribution is 5.71. The lowest BCUT2D eigenvalue weighted by Crippen LogP contribution is -2.17. The van der Waals surface area contributed by atoms with Gasteiger partial charge in [-0.1, -0.05) is 5.16 Å². The summed E-state index contributed by atoms with van der Waals surface area (Å²) in [5, 5.41) is 8.26. The second-order valence-corrected chi connectivity index (χ2v) is 6.09. The molecule has 0 atom stereocenters. The molecule has 9 heteroatoms. The molecule has 2 aromatic heterocycles. The number of nitrogens with zero attached hydrogens (tertiary/aromatic N) is 5. The smallest absolute Gasteiger partial charge is 0.241 e. The molecule has 1 aromatic carbocycles. The summed E-state index contributed by atoms with van der Waals surface area (Å²) in [6.07, 6.45) is 3.81. The summed E-state index contributed by atoms with van der Waals surface area (Å²) in [7, 11) is 8.56. The number of ether oxygens (including phenoxy) is 3. The van der Waals surface area contributed by atoms with Gasteiger partial charge in [-0.25, -0.2) is 0 Å². The first kappa shape index (κ1) is 18.7. The van der Waals surface area contributed by atoms with E-state index in [1.165, 1.54) is 0 Å². The van der Waals surface area contributed by atoms with Crippen molar-refractivity contribution in [1.29, 1.82) is 0 Å². The number of rotatable bonds is 8. The average molecular weight is 373 g/mol. The van der Waals surface area contributed by atoms with E-state index in [1.54, 1.807) is 32.1 Å². The van der Waals surface area contributed by atoms with Gasteiger partial charge in [-0.05, 0) is 19.2 Å². The molecule has 0 aliphatic heterocycles. The van der Waals surface area contributed by atoms with E-state index < -0.39 is 0 Å². The second kappa shape index (κ2) is 8.09. The van der Waals surface area contributed by atoms with Crippen molar-refractivity contribution in [2.45, 2.75) is 13.1 Å². The third-order valence-electron chi connectivity index (χ3n) is 4.03. The van der Waals surface area contributed by atoms with Crippen LogP contribution in [0.15, 0.2) is 29.0 Å². The van der Waals surface area contributed by atoms with Gasteiger partial charge in [-0.2, -0.15) is 10.1 Å². The molecule has 0 saturated heterocycles. The Kier molecular flexibility index (Phi) is 5.60. The maximum absolute atomic E-state index is 5.49. The molecule has 144 valence electrons. The molecule has 0 radical (unpaired) electrons. The lowest BCUT2D eigenvalue weighted by molar-refractivity contribution is 0.261. The zero-order valence-electron chi connectivity index (χ0n) is 16.1. The molecule has 0 N–H and O–H groups in total. The highest BCUT2D eigenvalue weighted by Gasteiger charge is 2.21. The first-order valence-electron chi connectivity index (χ1n) is 8.33. The lowest BCUT2D eigenvalue weighted by atomic mass is 10.1. The van der Waals surface area contributed by atoms with Crippen LogP contribution >= 0.6 is 0 Å². The van der Waals surface area contributed by atoms with Crippen LogP contribution in [0, 0.1) is 0 Å². The minimum atomic E-state index is 0.428. The fourth-order valence-corrected chi connectivity index (χ4v) is 2.86. The van der Waals surface area contributed by atoms with Crippen LogP contribution in [0.3, 0.4) is 0 Å². The van der Waals surface area contributed by atoms with Crippen molar-refractivity contribution in [2.24, 2.45) is 7.05 Å². The highest BCUT2D eigenvalue weighted by Crippen LogP contribution is 2.43. The first-order chi connectivity index (χ1) is 13.0. The molecule has 0 bridgehead atoms. The van der Waals surface area contributed by atoms with Gasteiger partial charge in [0, 0.05) is 25.4 Å². The van der Waals surface area contributed by atoms with E-state index in [0.717, 1.165) is 12.1 Å². The molecule has 0 fully saturated rings. The van der Waals surface area contributed by atoms with Gasteiger partial charge < -0.3 is 18.7 Å². The SMILES string of the molecule is COc1ccc(-c2noc(CN(C)Cc3cnn(C)c3)n2)c(OC)c1OC. The standard InChI is InChI=1S/C18H23N5O4/c1-22(9-12-8-19-23(2)10-12)11-15-20-18(21-27-15)13-6-7-14(24-3)17(26-5)16(13)25-4/h6-8,10H,9,11H2,1-5H3. The molecule has 27 heavy (non-hydrogen) atoms. The van der Waals surface area contributed by atoms with Crippen LogP contribution in [-0.4, -0.2) is 53.2 Å². The van der Waals surface area contributed by atoms with Crippen molar-refractivity contribution in [2.75, 3.05) is 28.4 Å². The van der Waals surface area contributed by atoms with Gasteiger partial charge in [0.05, 0.1) is 39.6 Å². The summed E-state index contributed by atoms with van der Waals surface area (Å²) in [5.74, 6) is 2.48. The number of hydrogen-bond acceptors (Lipinski definition) is 8. The minimum Gasteiger partial charge on any atom is -0.493 e. The molecule has 9 nitrogen and oxygen atoms in total. The fourth-order valence-electron chi connectivity index (χ4n) is 2.86. The molecular weight excluding hydrogens is 350 g/mol. The Morgan fingerprint density at radius 3 is 2.48 bits per heavy atom. The van der Waals surface area contributed by atoms with E-state index in [4.69, 9.17) is 18.7 Å². The number of hydrogen-bond donors (Lipinski definition) is 0. The normalized spacial score (nSPS) is 11.0. The summed E-state index contributed by atoms with van der Waals surface area (Å²) >= 11 is 0. The van der Waals surface area contributed by atoms with Crippen molar-refractivity contribution >= 4 is 0 Å². The van der Waals surface area contributed by atoms with Crippen LogP contribution in [0.2, 0.25) is 0 Å². The van der Waals surface area contributed by atoms with Crippen molar-refractivity contribution in [3.8, 4) is 28.6 Å². The second-order valence-electron chi connectivity index (χ2n) is 6.09. The van der Waals surface area contributed by atoms with Gasteiger partial charge in [-0.3, -0.25) is 9.58 Å². The summed E-state index contributed by atoms with van der Waals surface area (Å²) in [4.78, 5) is 6.56. The maximum atomic E-state index is 5.49. The summed E-state index contributed by atoms with van der Waals surface area (Å²) in [6, 6.07) is 3.59. The van der Waals surface area contributed by atoms with E-state index in [1.807, 2.05) is 32.6 Å². The van der Waals surface area contributed by atoms with Crippen LogP contribution in [0.25, 0.3) is 11.4 Å². The Morgan fingerprint density at radius 1 is 1.07 bits per heavy atom. The molecule has 0 aliphatic rings. The van der Waals surface area contributed by atoms with Crippen molar-refractivity contribution in [1.82, 2.24) is 24.8 Å². The topological polar surface area (TPSA) is 87.7 Å². The van der Waals surface area contributed by atoms with Gasteiger partial charge >= 0.3 is 0 Å². The fraction of sp³-hybridized carbons (Fsp3) is 0.389. The van der Waals surface area contributed by atoms with Crippen LogP contribution < -0.4 is 14.2 Å². The molecule has 0 spiro atoms. The monoisotopic (exact) mass is 373 g/mol. The van der Waals surface area contributed by atoms with Crippen molar-refractivity contribution in [3.63, 3.8) is 0 Å². The molecular formula is C18H23N5O4. The van der Waals surface area contributed by atoms with Gasteiger partial charge in [0.2, 0.25) is 17.5 Å². The van der Waals surface area contributed by atoms with Gasteiger partial charge in [0.15, 0.2) is 11.5 Å². The van der Waals surface area contributed by atoms with E-state index in [0.29, 0.717) is 41.1 Å². The third-order valence-corrected chi connectivity index (χ3v) is 4.03. The Hall–Kier alpha value is -3.07. The first-order valence-corrected chi connectivity index (χ1v) is 8.33. The maximum Gasteiger partial charge on any atom is 0.241 e. The molecule has 3 aromatic rings. The quantitative estimate of drug-likeness (QED) is 0.593. The van der Waals surface area contributed by atoms with Gasteiger partial charge in [0.1, 0.15) is 0 Å². The number of aromatic nitrogens is 4. The Bertz CT molecular complexity index is 905. The molecule has 0 aliphatic carbocycles. The third kappa shape index (κ3) is 4.03. The zero-order valence-corrected chi connectivity index (χ0v) is 16.1. The highest BCUT2D eigenvalue weighted by atomic mass is 16.5. The Balaban J connectivity index is 1.79. The largest absolute Gasteiger partial charge is 0.493 e. The lowest BCUT2D eigenvalue weighted by Gasteiger charge is -2.14. The van der Waals surface area contributed by atoms with Crippen LogP contribution in [0.4, 0.5) is 0 Å². The predicted molar refractivity (Wildman–Crippen MR) is 97.8 cm³/mol. The molecule has 0 amide bonds. The van der Waals surface area contributed by atoms with Crippen LogP contribution in [-0.2, 0) is 20.1 Å². The van der Waals surface area contributed by atoms with E-state index in [-0.39, 0.29) is 0 Å². The van der Waals surface area contributed by atoms with E-state index in [2.05, 4.69) is 20.1 Å². The molecule has 0 unspecified atom stereocenters. The number of benzene rings is 1. The molecule has 2 heterocycles. The Labute approximate surface area is 157 Å². The van der Waals surface area contributed by atoms with Crippen LogP contribution in [0.5, 0.6) is 17.2 Å². The van der Waals surface area contributed by atoms with Crippen molar-refractivity contribution in [3.05, 3.63) is 36.0 Å². The van der Waals surface area contributed by atoms with Crippen molar-refractivity contribution < 1.29 is 18.7 Å². The summed E-state index contributed by atoms with van der Waals surface area (Å²) in [5.41, 5.74) is 1.78. The minimum absolute atomic E-state index is 0.428. The number of methoxy groups -OCH3 is 3. The summed E-state index contributed by atoms with van der Waals surface area (Å²) < 4.78 is 23.4.